The highest BCUT2D eigenvalue weighted by Crippen LogP contribution is 2.13. The van der Waals surface area contributed by atoms with Gasteiger partial charge in [0.1, 0.15) is 0 Å². The summed E-state index contributed by atoms with van der Waals surface area (Å²) in [5.74, 6) is 0. The summed E-state index contributed by atoms with van der Waals surface area (Å²) < 4.78 is 0. The molecule has 1 rings (SSSR count). The second kappa shape index (κ2) is 3.76. The van der Waals surface area contributed by atoms with Gasteiger partial charge in [-0.15, -0.1) is 0 Å². The van der Waals surface area contributed by atoms with Gasteiger partial charge in [0.2, 0.25) is 0 Å². The molecule has 1 unspecified atom stereocenters. The maximum atomic E-state index is 10.6. The summed E-state index contributed by atoms with van der Waals surface area (Å²) >= 11 is 0. The molecule has 1 amide bonds. The van der Waals surface area contributed by atoms with Crippen molar-refractivity contribution in [3.8, 4) is 0 Å². The number of likely N-dealkylation sites (tertiary alicyclic amines) is 1. The fraction of sp³-hybridized carbons (Fsp3) is 0.875. The minimum absolute atomic E-state index is 0.197. The summed E-state index contributed by atoms with van der Waals surface area (Å²) in [6.07, 6.45) is 0.148. The Hall–Kier alpha value is -0.770. The van der Waals surface area contributed by atoms with E-state index in [2.05, 4.69) is 11.8 Å². The van der Waals surface area contributed by atoms with Crippen LogP contribution < -0.4 is 0 Å². The van der Waals surface area contributed by atoms with Crippen molar-refractivity contribution < 1.29 is 9.90 Å². The van der Waals surface area contributed by atoms with Gasteiger partial charge >= 0.3 is 6.09 Å². The lowest BCUT2D eigenvalue weighted by molar-refractivity contribution is 0.139. The molecule has 1 N–H and O–H groups in total. The second-order valence-corrected chi connectivity index (χ2v) is 3.23. The van der Waals surface area contributed by atoms with Gasteiger partial charge in [0.25, 0.3) is 0 Å². The lowest BCUT2D eigenvalue weighted by Gasteiger charge is -2.21. The van der Waals surface area contributed by atoms with E-state index in [1.807, 2.05) is 0 Å². The van der Waals surface area contributed by atoms with Gasteiger partial charge in [-0.25, -0.2) is 4.79 Å². The third-order valence-electron chi connectivity index (χ3n) is 2.54. The molecular weight excluding hydrogens is 156 g/mol. The van der Waals surface area contributed by atoms with Crippen LogP contribution in [-0.2, 0) is 0 Å². The summed E-state index contributed by atoms with van der Waals surface area (Å²) in [7, 11) is 1.64. The van der Waals surface area contributed by atoms with Gasteiger partial charge in [0, 0.05) is 26.2 Å². The van der Waals surface area contributed by atoms with Crippen LogP contribution in [0.1, 0.15) is 13.3 Å². The Kier molecular flexibility index (Phi) is 2.92. The molecule has 0 saturated carbocycles. The fourth-order valence-electron chi connectivity index (χ4n) is 1.57. The van der Waals surface area contributed by atoms with E-state index in [0.29, 0.717) is 0 Å². The van der Waals surface area contributed by atoms with Crippen molar-refractivity contribution in [3.05, 3.63) is 0 Å². The fourth-order valence-corrected chi connectivity index (χ4v) is 1.57. The van der Waals surface area contributed by atoms with Gasteiger partial charge in [-0.2, -0.15) is 0 Å². The second-order valence-electron chi connectivity index (χ2n) is 3.23. The Morgan fingerprint density at radius 1 is 1.75 bits per heavy atom. The zero-order valence-corrected chi connectivity index (χ0v) is 7.66. The van der Waals surface area contributed by atoms with E-state index in [0.717, 1.165) is 26.1 Å². The molecule has 4 nitrogen and oxygen atoms in total. The van der Waals surface area contributed by atoms with Gasteiger partial charge in [-0.1, -0.05) is 6.92 Å². The average molecular weight is 172 g/mol. The smallest absolute Gasteiger partial charge is 0.407 e. The molecule has 0 aromatic heterocycles. The quantitative estimate of drug-likeness (QED) is 0.666. The first-order chi connectivity index (χ1) is 5.65. The summed E-state index contributed by atoms with van der Waals surface area (Å²) in [4.78, 5) is 14.3. The van der Waals surface area contributed by atoms with Crippen LogP contribution in [0.4, 0.5) is 4.79 Å². The number of nitrogens with zero attached hydrogens (tertiary/aromatic N) is 2. The number of hydrogen-bond acceptors (Lipinski definition) is 2. The van der Waals surface area contributed by atoms with E-state index >= 15 is 0 Å². The first-order valence-corrected chi connectivity index (χ1v) is 4.33. The van der Waals surface area contributed by atoms with E-state index in [1.54, 1.807) is 7.05 Å². The minimum atomic E-state index is -0.821. The summed E-state index contributed by atoms with van der Waals surface area (Å²) in [6.45, 7) is 5.03. The molecule has 1 fully saturated rings. The first-order valence-electron chi connectivity index (χ1n) is 4.33. The zero-order valence-electron chi connectivity index (χ0n) is 7.66. The summed E-state index contributed by atoms with van der Waals surface area (Å²) in [5.41, 5.74) is 0. The number of hydrogen-bond donors (Lipinski definition) is 1. The lowest BCUT2D eigenvalue weighted by atomic mass is 10.2. The van der Waals surface area contributed by atoms with Crippen molar-refractivity contribution in [1.82, 2.24) is 9.80 Å². The van der Waals surface area contributed by atoms with Gasteiger partial charge in [-0.3, -0.25) is 0 Å². The molecule has 4 heteroatoms. The normalized spacial score (nSPS) is 24.3. The van der Waals surface area contributed by atoms with Crippen molar-refractivity contribution >= 4 is 6.09 Å². The van der Waals surface area contributed by atoms with Crippen molar-refractivity contribution in [2.75, 3.05) is 26.7 Å². The number of likely N-dealkylation sites (N-methyl/N-ethyl adjacent to an activating group) is 2. The van der Waals surface area contributed by atoms with Crippen LogP contribution in [0.2, 0.25) is 0 Å². The van der Waals surface area contributed by atoms with Crippen molar-refractivity contribution in [2.45, 2.75) is 19.4 Å². The minimum Gasteiger partial charge on any atom is -0.465 e. The zero-order chi connectivity index (χ0) is 9.14. The molecule has 0 aromatic rings. The van der Waals surface area contributed by atoms with E-state index in [-0.39, 0.29) is 6.04 Å². The number of amides is 1. The van der Waals surface area contributed by atoms with Gasteiger partial charge < -0.3 is 14.9 Å². The maximum Gasteiger partial charge on any atom is 0.407 e. The molecule has 1 aliphatic heterocycles. The molecule has 0 aliphatic carbocycles. The predicted octanol–water partition coefficient (Wildman–Crippen LogP) is 0.690. The average Bonchev–Trinajstić information content (AvgIpc) is 2.50. The van der Waals surface area contributed by atoms with Gasteiger partial charge in [0.15, 0.2) is 0 Å². The molecule has 0 bridgehead atoms. The highest BCUT2D eigenvalue weighted by Gasteiger charge is 2.26. The third-order valence-corrected chi connectivity index (χ3v) is 2.54. The Morgan fingerprint density at radius 2 is 2.42 bits per heavy atom. The monoisotopic (exact) mass is 172 g/mol. The molecule has 1 aliphatic rings. The highest BCUT2D eigenvalue weighted by atomic mass is 16.4. The van der Waals surface area contributed by atoms with Crippen LogP contribution in [-0.4, -0.2) is 53.7 Å². The summed E-state index contributed by atoms with van der Waals surface area (Å²) in [6, 6.07) is 0.197. The largest absolute Gasteiger partial charge is 0.465 e. The van der Waals surface area contributed by atoms with E-state index < -0.39 is 6.09 Å². The summed E-state index contributed by atoms with van der Waals surface area (Å²) in [5, 5.41) is 8.71. The van der Waals surface area contributed by atoms with Gasteiger partial charge in [-0.05, 0) is 13.0 Å². The molecule has 0 radical (unpaired) electrons. The Balaban J connectivity index is 2.41. The predicted molar refractivity (Wildman–Crippen MR) is 46.3 cm³/mol. The lowest BCUT2D eigenvalue weighted by Crippen LogP contribution is -2.37. The molecular formula is C8H16N2O2. The highest BCUT2D eigenvalue weighted by molar-refractivity contribution is 5.65. The first kappa shape index (κ1) is 9.32. The Bertz CT molecular complexity index is 172. The topological polar surface area (TPSA) is 43.8 Å². The third kappa shape index (κ3) is 1.88. The van der Waals surface area contributed by atoms with E-state index in [9.17, 15) is 4.79 Å². The van der Waals surface area contributed by atoms with Crippen LogP contribution in [0.15, 0.2) is 0 Å². The van der Waals surface area contributed by atoms with Crippen molar-refractivity contribution in [2.24, 2.45) is 0 Å². The molecule has 1 heterocycles. The molecule has 1 saturated heterocycles. The Morgan fingerprint density at radius 3 is 2.83 bits per heavy atom. The SMILES string of the molecule is CCN1CCC(N(C)C(=O)O)C1. The van der Waals surface area contributed by atoms with Crippen LogP contribution in [0.5, 0.6) is 0 Å². The molecule has 0 aromatic carbocycles. The number of carbonyl (C=O) groups is 1. The molecule has 0 spiro atoms. The van der Waals surface area contributed by atoms with E-state index in [4.69, 9.17) is 5.11 Å². The van der Waals surface area contributed by atoms with E-state index in [1.165, 1.54) is 4.90 Å². The molecule has 12 heavy (non-hydrogen) atoms. The maximum absolute atomic E-state index is 10.6. The van der Waals surface area contributed by atoms with Crippen LogP contribution in [0.25, 0.3) is 0 Å². The number of carboxylic acid groups (broad SMARTS) is 1. The standard InChI is InChI=1S/C8H16N2O2/c1-3-10-5-4-7(6-10)9(2)8(11)12/h7H,3-6H2,1-2H3,(H,11,12). The van der Waals surface area contributed by atoms with Crippen LogP contribution in [0, 0.1) is 0 Å². The van der Waals surface area contributed by atoms with Crippen LogP contribution >= 0.6 is 0 Å². The van der Waals surface area contributed by atoms with Crippen molar-refractivity contribution in [1.29, 1.82) is 0 Å². The van der Waals surface area contributed by atoms with Gasteiger partial charge in [0.05, 0.1) is 0 Å². The molecule has 70 valence electrons. The van der Waals surface area contributed by atoms with Crippen LogP contribution in [0.3, 0.4) is 0 Å². The Labute approximate surface area is 72.8 Å². The van der Waals surface area contributed by atoms with Crippen molar-refractivity contribution in [3.63, 3.8) is 0 Å². The molecule has 1 atom stereocenters. The number of rotatable bonds is 2.